The van der Waals surface area contributed by atoms with Crippen LogP contribution in [0.1, 0.15) is 6.92 Å². The van der Waals surface area contributed by atoms with Crippen molar-refractivity contribution in [2.45, 2.75) is 6.92 Å². The van der Waals surface area contributed by atoms with E-state index < -0.39 is 0 Å². The molecule has 0 fully saturated rings. The molecule has 0 aliphatic heterocycles. The zero-order chi connectivity index (χ0) is 8.15. The van der Waals surface area contributed by atoms with E-state index in [2.05, 4.69) is 30.7 Å². The second-order valence-electron chi connectivity index (χ2n) is 1.74. The monoisotopic (exact) mass is 155 g/mol. The van der Waals surface area contributed by atoms with Crippen molar-refractivity contribution in [1.82, 2.24) is 5.32 Å². The van der Waals surface area contributed by atoms with E-state index in [9.17, 15) is 4.79 Å². The quantitative estimate of drug-likeness (QED) is 0.490. The summed E-state index contributed by atoms with van der Waals surface area (Å²) in [6.45, 7) is 8.46. The number of allylic oxidation sites excluding steroid dienone is 1. The average molecular weight is 155 g/mol. The van der Waals surface area contributed by atoms with Crippen LogP contribution in [0.4, 0.5) is 0 Å². The Balaban J connectivity index is 3.92. The molecule has 0 aromatic rings. The molecule has 1 amide bonds. The molecule has 0 aliphatic rings. The fraction of sp³-hybridized carbons (Fsp3) is 0.143. The largest absolute Gasteiger partial charge is 0.322 e. The van der Waals surface area contributed by atoms with Gasteiger partial charge in [0.2, 0.25) is 0 Å². The molecule has 54 valence electrons. The first-order valence-electron chi connectivity index (χ1n) is 2.71. The molecule has 0 bridgehead atoms. The van der Waals surface area contributed by atoms with Crippen molar-refractivity contribution in [1.29, 1.82) is 0 Å². The lowest BCUT2D eigenvalue weighted by molar-refractivity contribution is -0.113. The number of thiocarbonyl (C=S) groups is 1. The lowest BCUT2D eigenvalue weighted by Crippen LogP contribution is -2.26. The number of carbonyl (C=O) groups excluding carboxylic acids is 1. The third kappa shape index (κ3) is 3.14. The van der Waals surface area contributed by atoms with Gasteiger partial charge in [-0.25, -0.2) is 0 Å². The van der Waals surface area contributed by atoms with Crippen LogP contribution >= 0.6 is 12.2 Å². The van der Waals surface area contributed by atoms with Crippen molar-refractivity contribution in [2.75, 3.05) is 0 Å². The Hall–Kier alpha value is -0.960. The summed E-state index contributed by atoms with van der Waals surface area (Å²) in [5.41, 5.74) is 0.467. The predicted octanol–water partition coefficient (Wildman–Crippen LogP) is 1.19. The maximum atomic E-state index is 10.8. The van der Waals surface area contributed by atoms with Crippen LogP contribution in [0.2, 0.25) is 0 Å². The Morgan fingerprint density at radius 3 is 2.50 bits per heavy atom. The lowest BCUT2D eigenvalue weighted by atomic mass is 10.4. The third-order valence-electron chi connectivity index (χ3n) is 0.840. The molecule has 0 radical (unpaired) electrons. The van der Waals surface area contributed by atoms with E-state index >= 15 is 0 Å². The van der Waals surface area contributed by atoms with E-state index in [1.165, 1.54) is 6.08 Å². The van der Waals surface area contributed by atoms with Crippen LogP contribution in [0.5, 0.6) is 0 Å². The summed E-state index contributed by atoms with van der Waals surface area (Å²) < 4.78 is 0. The fourth-order valence-electron chi connectivity index (χ4n) is 0.285. The van der Waals surface area contributed by atoms with Crippen molar-refractivity contribution < 1.29 is 4.79 Å². The zero-order valence-corrected chi connectivity index (χ0v) is 6.62. The van der Waals surface area contributed by atoms with E-state index in [1.54, 1.807) is 6.92 Å². The molecular weight excluding hydrogens is 146 g/mol. The van der Waals surface area contributed by atoms with E-state index in [4.69, 9.17) is 0 Å². The standard InChI is InChI=1S/C7H9NOS/c1-4-5(2)8-7(9)6(3)10/h4H,1-2H2,3H3,(H,8,9). The van der Waals surface area contributed by atoms with Crippen LogP contribution in [0.25, 0.3) is 0 Å². The second-order valence-corrected chi connectivity index (χ2v) is 2.35. The third-order valence-corrected chi connectivity index (χ3v) is 1.03. The molecular formula is C7H9NOS. The molecule has 0 aliphatic carbocycles. The van der Waals surface area contributed by atoms with E-state index in [-0.39, 0.29) is 5.91 Å². The van der Waals surface area contributed by atoms with Gasteiger partial charge in [-0.05, 0) is 13.0 Å². The van der Waals surface area contributed by atoms with Crippen molar-refractivity contribution in [3.05, 3.63) is 24.9 Å². The molecule has 0 aromatic carbocycles. The number of nitrogens with one attached hydrogen (secondary N) is 1. The summed E-state index contributed by atoms with van der Waals surface area (Å²) in [5.74, 6) is -0.292. The minimum Gasteiger partial charge on any atom is -0.322 e. The van der Waals surface area contributed by atoms with E-state index in [0.717, 1.165) is 0 Å². The second kappa shape index (κ2) is 3.95. The highest BCUT2D eigenvalue weighted by atomic mass is 32.1. The van der Waals surface area contributed by atoms with Crippen molar-refractivity contribution >= 4 is 23.0 Å². The number of amides is 1. The number of rotatable bonds is 3. The first-order valence-corrected chi connectivity index (χ1v) is 3.12. The fourth-order valence-corrected chi connectivity index (χ4v) is 0.336. The van der Waals surface area contributed by atoms with Gasteiger partial charge in [-0.15, -0.1) is 0 Å². The summed E-state index contributed by atoms with van der Waals surface area (Å²) in [6, 6.07) is 0. The summed E-state index contributed by atoms with van der Waals surface area (Å²) >= 11 is 4.60. The molecule has 3 heteroatoms. The Bertz CT molecular complexity index is 196. The van der Waals surface area contributed by atoms with Gasteiger partial charge in [0.15, 0.2) is 0 Å². The number of carbonyl (C=O) groups is 1. The number of hydrogen-bond donors (Lipinski definition) is 1. The van der Waals surface area contributed by atoms with Gasteiger partial charge in [-0.3, -0.25) is 4.79 Å². The van der Waals surface area contributed by atoms with Gasteiger partial charge in [-0.2, -0.15) is 0 Å². The zero-order valence-electron chi connectivity index (χ0n) is 5.81. The highest BCUT2D eigenvalue weighted by molar-refractivity contribution is 7.82. The van der Waals surface area contributed by atoms with Gasteiger partial charge < -0.3 is 5.32 Å². The molecule has 0 aromatic heterocycles. The van der Waals surface area contributed by atoms with Gasteiger partial charge >= 0.3 is 0 Å². The molecule has 0 atom stereocenters. The number of hydrogen-bond acceptors (Lipinski definition) is 2. The van der Waals surface area contributed by atoms with Gasteiger partial charge in [0, 0.05) is 5.70 Å². The first-order chi connectivity index (χ1) is 4.57. The molecule has 1 N–H and O–H groups in total. The Labute approximate surface area is 65.6 Å². The van der Waals surface area contributed by atoms with Crippen LogP contribution in [0, 0.1) is 0 Å². The predicted molar refractivity (Wildman–Crippen MR) is 45.8 cm³/mol. The first kappa shape index (κ1) is 9.04. The van der Waals surface area contributed by atoms with Crippen molar-refractivity contribution in [3.63, 3.8) is 0 Å². The van der Waals surface area contributed by atoms with Gasteiger partial charge in [0.1, 0.15) is 0 Å². The highest BCUT2D eigenvalue weighted by Crippen LogP contribution is 1.84. The Morgan fingerprint density at radius 2 is 2.20 bits per heavy atom. The molecule has 2 nitrogen and oxygen atoms in total. The molecule has 0 spiro atoms. The summed E-state index contributed by atoms with van der Waals surface area (Å²) in [7, 11) is 0. The van der Waals surface area contributed by atoms with Gasteiger partial charge in [-0.1, -0.05) is 25.4 Å². The van der Waals surface area contributed by atoms with Crippen LogP contribution in [0.15, 0.2) is 24.9 Å². The molecule has 0 saturated heterocycles. The Kier molecular flexibility index (Phi) is 3.57. The summed E-state index contributed by atoms with van der Waals surface area (Å²) in [4.78, 5) is 11.0. The average Bonchev–Trinajstić information content (AvgIpc) is 1.87. The van der Waals surface area contributed by atoms with Crippen molar-refractivity contribution in [3.8, 4) is 0 Å². The SMILES string of the molecule is C=CC(=C)NC(=O)C(C)=S. The Morgan fingerprint density at radius 1 is 1.70 bits per heavy atom. The lowest BCUT2D eigenvalue weighted by Gasteiger charge is -2.00. The molecule has 0 heterocycles. The van der Waals surface area contributed by atoms with Crippen LogP contribution in [-0.2, 0) is 4.79 Å². The van der Waals surface area contributed by atoms with E-state index in [1.807, 2.05) is 0 Å². The molecule has 0 unspecified atom stereocenters. The molecule has 0 rings (SSSR count). The smallest absolute Gasteiger partial charge is 0.262 e. The highest BCUT2D eigenvalue weighted by Gasteiger charge is 2.01. The summed E-state index contributed by atoms with van der Waals surface area (Å²) in [6.07, 6.45) is 1.45. The van der Waals surface area contributed by atoms with Crippen LogP contribution in [-0.4, -0.2) is 10.8 Å². The van der Waals surface area contributed by atoms with Crippen LogP contribution in [0.3, 0.4) is 0 Å². The molecule has 0 saturated carbocycles. The van der Waals surface area contributed by atoms with Crippen LogP contribution < -0.4 is 5.32 Å². The molecule has 10 heavy (non-hydrogen) atoms. The maximum Gasteiger partial charge on any atom is 0.262 e. The van der Waals surface area contributed by atoms with Crippen molar-refractivity contribution in [2.24, 2.45) is 0 Å². The minimum absolute atomic E-state index is 0.292. The normalized spacial score (nSPS) is 8.10. The minimum atomic E-state index is -0.292. The topological polar surface area (TPSA) is 29.1 Å². The van der Waals surface area contributed by atoms with Gasteiger partial charge in [0.25, 0.3) is 5.91 Å². The maximum absolute atomic E-state index is 10.8. The van der Waals surface area contributed by atoms with Gasteiger partial charge in [0.05, 0.1) is 4.86 Å². The van der Waals surface area contributed by atoms with E-state index in [0.29, 0.717) is 10.6 Å². The summed E-state index contributed by atoms with van der Waals surface area (Å²) in [5, 5.41) is 2.44.